The Morgan fingerprint density at radius 3 is 2.67 bits per heavy atom. The monoisotopic (exact) mass is 168 g/mol. The number of nitrogens with two attached hydrogens (primary N) is 1. The molecule has 1 aliphatic heterocycles. The molecule has 0 amide bonds. The molecule has 0 radical (unpaired) electrons. The Bertz CT molecular complexity index is 163. The van der Waals surface area contributed by atoms with Crippen molar-refractivity contribution in [3.8, 4) is 0 Å². The van der Waals surface area contributed by atoms with Crippen molar-refractivity contribution < 1.29 is 0 Å². The van der Waals surface area contributed by atoms with Crippen molar-refractivity contribution in [3.63, 3.8) is 0 Å². The predicted octanol–water partition coefficient (Wildman–Crippen LogP) is 1.35. The quantitative estimate of drug-likeness (QED) is 0.689. The van der Waals surface area contributed by atoms with E-state index in [0.29, 0.717) is 11.6 Å². The highest BCUT2D eigenvalue weighted by Crippen LogP contribution is 2.46. The zero-order valence-corrected chi connectivity index (χ0v) is 8.05. The fourth-order valence-electron chi connectivity index (χ4n) is 2.55. The topological polar surface area (TPSA) is 29.3 Å². The molecule has 1 unspecified atom stereocenters. The van der Waals surface area contributed by atoms with Gasteiger partial charge in [0.1, 0.15) is 0 Å². The average molecular weight is 168 g/mol. The summed E-state index contributed by atoms with van der Waals surface area (Å²) in [6.07, 6.45) is 6.78. The summed E-state index contributed by atoms with van der Waals surface area (Å²) in [6.45, 7) is 4.69. The molecule has 1 atom stereocenters. The van der Waals surface area contributed by atoms with E-state index in [0.717, 1.165) is 6.54 Å². The minimum atomic E-state index is 0.458. The van der Waals surface area contributed by atoms with E-state index in [4.69, 9.17) is 5.73 Å². The van der Waals surface area contributed by atoms with Crippen LogP contribution in [0.5, 0.6) is 0 Å². The van der Waals surface area contributed by atoms with Gasteiger partial charge in [-0.05, 0) is 25.7 Å². The molecule has 2 nitrogen and oxygen atoms in total. The molecule has 2 N–H and O–H groups in total. The molecular formula is C10H20N2. The van der Waals surface area contributed by atoms with Gasteiger partial charge in [0, 0.05) is 24.7 Å². The summed E-state index contributed by atoms with van der Waals surface area (Å²) < 4.78 is 0. The summed E-state index contributed by atoms with van der Waals surface area (Å²) in [4.78, 5) is 2.64. The molecular weight excluding hydrogens is 148 g/mol. The van der Waals surface area contributed by atoms with Gasteiger partial charge < -0.3 is 5.73 Å². The standard InChI is InChI=1S/C10H20N2/c1-2-4-10(5-6-10)12-7-3-9(11)8-12/h9H,2-8,11H2,1H3. The summed E-state index contributed by atoms with van der Waals surface area (Å²) in [5, 5.41) is 0. The van der Waals surface area contributed by atoms with Crippen molar-refractivity contribution in [2.24, 2.45) is 5.73 Å². The summed E-state index contributed by atoms with van der Waals surface area (Å²) in [5.41, 5.74) is 6.52. The molecule has 0 aromatic carbocycles. The van der Waals surface area contributed by atoms with Crippen LogP contribution < -0.4 is 5.73 Å². The molecule has 2 rings (SSSR count). The molecule has 0 bridgehead atoms. The van der Waals surface area contributed by atoms with E-state index >= 15 is 0 Å². The highest BCUT2D eigenvalue weighted by molar-refractivity contribution is 5.05. The molecule has 2 heteroatoms. The molecule has 1 aliphatic carbocycles. The number of likely N-dealkylation sites (tertiary alicyclic amines) is 1. The minimum Gasteiger partial charge on any atom is -0.326 e. The largest absolute Gasteiger partial charge is 0.326 e. The molecule has 0 aromatic rings. The van der Waals surface area contributed by atoms with Gasteiger partial charge in [-0.1, -0.05) is 13.3 Å². The Labute approximate surface area is 75.1 Å². The summed E-state index contributed by atoms with van der Waals surface area (Å²) in [5.74, 6) is 0. The van der Waals surface area contributed by atoms with E-state index in [1.165, 1.54) is 38.6 Å². The van der Waals surface area contributed by atoms with E-state index in [-0.39, 0.29) is 0 Å². The maximum Gasteiger partial charge on any atom is 0.0211 e. The lowest BCUT2D eigenvalue weighted by Gasteiger charge is -2.27. The molecule has 1 saturated heterocycles. The van der Waals surface area contributed by atoms with Crippen LogP contribution in [-0.4, -0.2) is 29.6 Å². The van der Waals surface area contributed by atoms with Crippen LogP contribution in [-0.2, 0) is 0 Å². The lowest BCUT2D eigenvalue weighted by Crippen LogP contribution is -2.37. The Balaban J connectivity index is 1.91. The van der Waals surface area contributed by atoms with E-state index in [9.17, 15) is 0 Å². The molecule has 0 aromatic heterocycles. The Kier molecular flexibility index (Phi) is 2.13. The van der Waals surface area contributed by atoms with Crippen molar-refractivity contribution >= 4 is 0 Å². The Hall–Kier alpha value is -0.0800. The van der Waals surface area contributed by atoms with Gasteiger partial charge in [-0.25, -0.2) is 0 Å². The average Bonchev–Trinajstić information content (AvgIpc) is 2.69. The molecule has 12 heavy (non-hydrogen) atoms. The Morgan fingerprint density at radius 1 is 1.50 bits per heavy atom. The van der Waals surface area contributed by atoms with Crippen LogP contribution in [0.1, 0.15) is 39.0 Å². The SMILES string of the molecule is CCCC1(N2CCC(N)C2)CC1. The highest BCUT2D eigenvalue weighted by atomic mass is 15.3. The fraction of sp³-hybridized carbons (Fsp3) is 1.00. The first kappa shape index (κ1) is 8.52. The van der Waals surface area contributed by atoms with Gasteiger partial charge in [0.15, 0.2) is 0 Å². The van der Waals surface area contributed by atoms with Gasteiger partial charge in [-0.15, -0.1) is 0 Å². The summed E-state index contributed by atoms with van der Waals surface area (Å²) >= 11 is 0. The van der Waals surface area contributed by atoms with Crippen LogP contribution in [0.2, 0.25) is 0 Å². The van der Waals surface area contributed by atoms with Crippen LogP contribution in [0, 0.1) is 0 Å². The number of hydrogen-bond donors (Lipinski definition) is 1. The summed E-state index contributed by atoms with van der Waals surface area (Å²) in [6, 6.07) is 0.458. The van der Waals surface area contributed by atoms with Gasteiger partial charge in [0.2, 0.25) is 0 Å². The molecule has 70 valence electrons. The van der Waals surface area contributed by atoms with Crippen molar-refractivity contribution in [1.82, 2.24) is 4.90 Å². The third-order valence-electron chi connectivity index (χ3n) is 3.44. The lowest BCUT2D eigenvalue weighted by atomic mass is 10.1. The van der Waals surface area contributed by atoms with E-state index in [2.05, 4.69) is 11.8 Å². The zero-order chi connectivity index (χ0) is 8.60. The van der Waals surface area contributed by atoms with Gasteiger partial charge in [-0.2, -0.15) is 0 Å². The zero-order valence-electron chi connectivity index (χ0n) is 8.05. The van der Waals surface area contributed by atoms with Crippen molar-refractivity contribution in [2.45, 2.75) is 50.6 Å². The van der Waals surface area contributed by atoms with Crippen molar-refractivity contribution in [2.75, 3.05) is 13.1 Å². The molecule has 0 spiro atoms. The lowest BCUT2D eigenvalue weighted by molar-refractivity contribution is 0.205. The second kappa shape index (κ2) is 3.00. The van der Waals surface area contributed by atoms with Crippen LogP contribution in [0.15, 0.2) is 0 Å². The van der Waals surface area contributed by atoms with Crippen LogP contribution >= 0.6 is 0 Å². The third kappa shape index (κ3) is 1.38. The van der Waals surface area contributed by atoms with E-state index < -0.39 is 0 Å². The van der Waals surface area contributed by atoms with Gasteiger partial charge >= 0.3 is 0 Å². The fourth-order valence-corrected chi connectivity index (χ4v) is 2.55. The number of hydrogen-bond acceptors (Lipinski definition) is 2. The van der Waals surface area contributed by atoms with Crippen LogP contribution in [0.25, 0.3) is 0 Å². The maximum atomic E-state index is 5.90. The molecule has 1 heterocycles. The van der Waals surface area contributed by atoms with E-state index in [1.54, 1.807) is 0 Å². The smallest absolute Gasteiger partial charge is 0.0211 e. The van der Waals surface area contributed by atoms with Crippen molar-refractivity contribution in [3.05, 3.63) is 0 Å². The van der Waals surface area contributed by atoms with Crippen LogP contribution in [0.4, 0.5) is 0 Å². The van der Waals surface area contributed by atoms with Gasteiger partial charge in [0.05, 0.1) is 0 Å². The normalized spacial score (nSPS) is 34.0. The van der Waals surface area contributed by atoms with Gasteiger partial charge in [-0.3, -0.25) is 4.90 Å². The van der Waals surface area contributed by atoms with Crippen LogP contribution in [0.3, 0.4) is 0 Å². The predicted molar refractivity (Wildman–Crippen MR) is 51.0 cm³/mol. The van der Waals surface area contributed by atoms with Crippen molar-refractivity contribution in [1.29, 1.82) is 0 Å². The third-order valence-corrected chi connectivity index (χ3v) is 3.44. The van der Waals surface area contributed by atoms with Gasteiger partial charge in [0.25, 0.3) is 0 Å². The summed E-state index contributed by atoms with van der Waals surface area (Å²) in [7, 11) is 0. The minimum absolute atomic E-state index is 0.458. The number of rotatable bonds is 3. The molecule has 2 aliphatic rings. The highest BCUT2D eigenvalue weighted by Gasteiger charge is 2.48. The maximum absolute atomic E-state index is 5.90. The first-order valence-corrected chi connectivity index (χ1v) is 5.27. The molecule has 1 saturated carbocycles. The first-order valence-electron chi connectivity index (χ1n) is 5.27. The first-order chi connectivity index (χ1) is 5.77. The van der Waals surface area contributed by atoms with E-state index in [1.807, 2.05) is 0 Å². The number of nitrogens with zero attached hydrogens (tertiary/aromatic N) is 1. The Morgan fingerprint density at radius 2 is 2.25 bits per heavy atom. The molecule has 2 fully saturated rings. The second-order valence-electron chi connectivity index (χ2n) is 4.47. The second-order valence-corrected chi connectivity index (χ2v) is 4.47.